The van der Waals surface area contributed by atoms with Crippen LogP contribution in [0.3, 0.4) is 0 Å². The van der Waals surface area contributed by atoms with Crippen LogP contribution in [0.4, 0.5) is 4.39 Å². The van der Waals surface area contributed by atoms with Gasteiger partial charge in [0.1, 0.15) is 11.6 Å². The minimum atomic E-state index is -0.310. The minimum Gasteiger partial charge on any atom is -0.484 e. The van der Waals surface area contributed by atoms with Gasteiger partial charge in [-0.1, -0.05) is 0 Å². The third-order valence-corrected chi connectivity index (χ3v) is 5.32. The summed E-state index contributed by atoms with van der Waals surface area (Å²) in [7, 11) is 1.79. The number of hydrogen-bond donors (Lipinski definition) is 0. The molecule has 1 aromatic rings. The number of benzene rings is 1. The first-order valence-electron chi connectivity index (χ1n) is 9.08. The fourth-order valence-corrected chi connectivity index (χ4v) is 3.72. The standard InChI is InChI=1S/C19H27FN2O3/c1-24-17-8-12-21(13-9-17)16-6-10-22(11-7-16)19(23)14-25-18-4-2-15(20)3-5-18/h2-5,16-17H,6-14H2,1H3. The van der Waals surface area contributed by atoms with E-state index in [9.17, 15) is 9.18 Å². The average Bonchev–Trinajstić information content (AvgIpc) is 2.67. The Bertz CT molecular complexity index is 550. The molecule has 0 aliphatic carbocycles. The Balaban J connectivity index is 1.39. The van der Waals surface area contributed by atoms with E-state index in [0.29, 0.717) is 17.9 Å². The Morgan fingerprint density at radius 1 is 1.08 bits per heavy atom. The predicted octanol–water partition coefficient (Wildman–Crippen LogP) is 2.31. The van der Waals surface area contributed by atoms with E-state index < -0.39 is 0 Å². The van der Waals surface area contributed by atoms with E-state index in [0.717, 1.165) is 51.9 Å². The van der Waals surface area contributed by atoms with Gasteiger partial charge in [0, 0.05) is 39.3 Å². The minimum absolute atomic E-state index is 0.000802. The van der Waals surface area contributed by atoms with E-state index in [1.165, 1.54) is 12.1 Å². The van der Waals surface area contributed by atoms with Crippen LogP contribution in [0.1, 0.15) is 25.7 Å². The molecule has 2 aliphatic heterocycles. The molecule has 0 spiro atoms. The Hall–Kier alpha value is -1.66. The predicted molar refractivity (Wildman–Crippen MR) is 93.1 cm³/mol. The van der Waals surface area contributed by atoms with Crippen molar-refractivity contribution < 1.29 is 18.7 Å². The van der Waals surface area contributed by atoms with Gasteiger partial charge in [-0.25, -0.2) is 4.39 Å². The summed E-state index contributed by atoms with van der Waals surface area (Å²) in [6.07, 6.45) is 4.63. The molecule has 1 amide bonds. The number of piperidine rings is 2. The van der Waals surface area contributed by atoms with Crippen LogP contribution in [0.15, 0.2) is 24.3 Å². The van der Waals surface area contributed by atoms with Crippen molar-refractivity contribution in [3.63, 3.8) is 0 Å². The molecule has 2 aliphatic rings. The summed E-state index contributed by atoms with van der Waals surface area (Å²) in [5, 5.41) is 0. The molecule has 2 heterocycles. The van der Waals surface area contributed by atoms with E-state index >= 15 is 0 Å². The molecule has 5 nitrogen and oxygen atoms in total. The second-order valence-corrected chi connectivity index (χ2v) is 6.83. The van der Waals surface area contributed by atoms with Gasteiger partial charge in [0.2, 0.25) is 0 Å². The molecular weight excluding hydrogens is 323 g/mol. The highest BCUT2D eigenvalue weighted by molar-refractivity contribution is 5.77. The Morgan fingerprint density at radius 3 is 2.32 bits per heavy atom. The molecule has 0 bridgehead atoms. The van der Waals surface area contributed by atoms with Crippen molar-refractivity contribution in [1.29, 1.82) is 0 Å². The largest absolute Gasteiger partial charge is 0.484 e. The molecule has 3 rings (SSSR count). The highest BCUT2D eigenvalue weighted by Crippen LogP contribution is 2.22. The molecule has 2 fully saturated rings. The lowest BCUT2D eigenvalue weighted by molar-refractivity contribution is -0.135. The first-order valence-corrected chi connectivity index (χ1v) is 9.08. The molecular formula is C19H27FN2O3. The number of ether oxygens (including phenoxy) is 2. The summed E-state index contributed by atoms with van der Waals surface area (Å²) in [5.41, 5.74) is 0. The van der Waals surface area contributed by atoms with E-state index in [-0.39, 0.29) is 18.3 Å². The van der Waals surface area contributed by atoms with Crippen LogP contribution in [0.5, 0.6) is 5.75 Å². The Morgan fingerprint density at radius 2 is 1.72 bits per heavy atom. The number of halogens is 1. The summed E-state index contributed by atoms with van der Waals surface area (Å²) >= 11 is 0. The van der Waals surface area contributed by atoms with Gasteiger partial charge in [-0.15, -0.1) is 0 Å². The zero-order valence-electron chi connectivity index (χ0n) is 14.8. The zero-order chi connectivity index (χ0) is 17.6. The van der Waals surface area contributed by atoms with E-state index in [4.69, 9.17) is 9.47 Å². The van der Waals surface area contributed by atoms with Crippen LogP contribution in [0.2, 0.25) is 0 Å². The highest BCUT2D eigenvalue weighted by atomic mass is 19.1. The fourth-order valence-electron chi connectivity index (χ4n) is 3.72. The molecule has 25 heavy (non-hydrogen) atoms. The summed E-state index contributed by atoms with van der Waals surface area (Å²) < 4.78 is 23.8. The Kier molecular flexibility index (Phi) is 6.26. The summed E-state index contributed by atoms with van der Waals surface area (Å²) in [4.78, 5) is 16.7. The van der Waals surface area contributed by atoms with Gasteiger partial charge in [-0.3, -0.25) is 4.79 Å². The van der Waals surface area contributed by atoms with Crippen LogP contribution < -0.4 is 4.74 Å². The monoisotopic (exact) mass is 350 g/mol. The van der Waals surface area contributed by atoms with Gasteiger partial charge in [-0.05, 0) is 49.9 Å². The molecule has 2 saturated heterocycles. The quantitative estimate of drug-likeness (QED) is 0.817. The molecule has 0 atom stereocenters. The summed E-state index contributed by atoms with van der Waals surface area (Å²) in [6.45, 7) is 3.74. The lowest BCUT2D eigenvalue weighted by Gasteiger charge is -2.41. The van der Waals surface area contributed by atoms with Crippen molar-refractivity contribution in [2.75, 3.05) is 39.9 Å². The van der Waals surface area contributed by atoms with Gasteiger partial charge < -0.3 is 19.3 Å². The van der Waals surface area contributed by atoms with Crippen molar-refractivity contribution in [3.8, 4) is 5.75 Å². The van der Waals surface area contributed by atoms with Crippen molar-refractivity contribution in [1.82, 2.24) is 9.80 Å². The lowest BCUT2D eigenvalue weighted by Crippen LogP contribution is -2.50. The van der Waals surface area contributed by atoms with Gasteiger partial charge >= 0.3 is 0 Å². The van der Waals surface area contributed by atoms with Crippen LogP contribution >= 0.6 is 0 Å². The number of likely N-dealkylation sites (tertiary alicyclic amines) is 2. The number of amides is 1. The second-order valence-electron chi connectivity index (χ2n) is 6.83. The summed E-state index contributed by atoms with van der Waals surface area (Å²) in [6, 6.07) is 6.31. The maximum absolute atomic E-state index is 12.9. The number of carbonyl (C=O) groups excluding carboxylic acids is 1. The molecule has 0 N–H and O–H groups in total. The maximum atomic E-state index is 12.9. The highest BCUT2D eigenvalue weighted by Gasteiger charge is 2.29. The molecule has 1 aromatic carbocycles. The molecule has 0 saturated carbocycles. The molecule has 138 valence electrons. The van der Waals surface area contributed by atoms with Crippen LogP contribution in [0, 0.1) is 5.82 Å². The van der Waals surface area contributed by atoms with Crippen molar-refractivity contribution in [3.05, 3.63) is 30.1 Å². The average molecular weight is 350 g/mol. The summed E-state index contributed by atoms with van der Waals surface area (Å²) in [5.74, 6) is 0.210. The molecule has 0 aromatic heterocycles. The number of methoxy groups -OCH3 is 1. The second kappa shape index (κ2) is 8.63. The van der Waals surface area contributed by atoms with Crippen molar-refractivity contribution in [2.45, 2.75) is 37.8 Å². The third-order valence-electron chi connectivity index (χ3n) is 5.32. The van der Waals surface area contributed by atoms with Gasteiger partial charge in [0.15, 0.2) is 6.61 Å². The van der Waals surface area contributed by atoms with E-state index in [1.807, 2.05) is 4.90 Å². The number of rotatable bonds is 5. The lowest BCUT2D eigenvalue weighted by atomic mass is 9.99. The van der Waals surface area contributed by atoms with E-state index in [1.54, 1.807) is 19.2 Å². The number of carbonyl (C=O) groups is 1. The molecule has 0 radical (unpaired) electrons. The first-order chi connectivity index (χ1) is 12.2. The Labute approximate surface area is 148 Å². The third kappa shape index (κ3) is 4.92. The smallest absolute Gasteiger partial charge is 0.260 e. The topological polar surface area (TPSA) is 42.0 Å². The number of hydrogen-bond acceptors (Lipinski definition) is 4. The van der Waals surface area contributed by atoms with Crippen molar-refractivity contribution in [2.24, 2.45) is 0 Å². The fraction of sp³-hybridized carbons (Fsp3) is 0.632. The normalized spacial score (nSPS) is 20.6. The zero-order valence-corrected chi connectivity index (χ0v) is 14.8. The van der Waals surface area contributed by atoms with E-state index in [2.05, 4.69) is 4.90 Å². The van der Waals surface area contributed by atoms with Gasteiger partial charge in [0.25, 0.3) is 5.91 Å². The molecule has 6 heteroatoms. The van der Waals surface area contributed by atoms with Crippen LogP contribution in [-0.2, 0) is 9.53 Å². The van der Waals surface area contributed by atoms with Crippen LogP contribution in [-0.4, -0.2) is 67.7 Å². The van der Waals surface area contributed by atoms with Gasteiger partial charge in [-0.2, -0.15) is 0 Å². The number of nitrogens with zero attached hydrogens (tertiary/aromatic N) is 2. The van der Waals surface area contributed by atoms with Crippen molar-refractivity contribution >= 4 is 5.91 Å². The van der Waals surface area contributed by atoms with Crippen LogP contribution in [0.25, 0.3) is 0 Å². The SMILES string of the molecule is COC1CCN(C2CCN(C(=O)COc3ccc(F)cc3)CC2)CC1. The maximum Gasteiger partial charge on any atom is 0.260 e. The van der Waals surface area contributed by atoms with Gasteiger partial charge in [0.05, 0.1) is 6.10 Å². The first kappa shape index (κ1) is 18.1. The molecule has 0 unspecified atom stereocenters.